The van der Waals surface area contributed by atoms with E-state index in [9.17, 15) is 4.79 Å². The van der Waals surface area contributed by atoms with Crippen LogP contribution in [0.3, 0.4) is 0 Å². The fraction of sp³-hybridized carbons (Fsp3) is 0.261. The van der Waals surface area contributed by atoms with Gasteiger partial charge in [0.1, 0.15) is 0 Å². The number of aromatic nitrogens is 1. The molecule has 0 aliphatic carbocycles. The molecule has 0 atom stereocenters. The van der Waals surface area contributed by atoms with Crippen molar-refractivity contribution < 1.29 is 10.0 Å². The van der Waals surface area contributed by atoms with E-state index in [-0.39, 0.29) is 0 Å². The van der Waals surface area contributed by atoms with Gasteiger partial charge < -0.3 is 4.98 Å². The van der Waals surface area contributed by atoms with Gasteiger partial charge in [-0.25, -0.2) is 5.48 Å². The summed E-state index contributed by atoms with van der Waals surface area (Å²) in [5, 5.41) is 9.79. The molecule has 0 spiro atoms. The normalized spacial score (nSPS) is 11.6. The van der Waals surface area contributed by atoms with Crippen LogP contribution >= 0.6 is 0 Å². The van der Waals surface area contributed by atoms with E-state index in [2.05, 4.69) is 60.1 Å². The van der Waals surface area contributed by atoms with E-state index in [0.29, 0.717) is 0 Å². The number of fused-ring (bicyclic) bond motifs is 1. The first kappa shape index (κ1) is 19.9. The summed E-state index contributed by atoms with van der Waals surface area (Å²) in [4.78, 5) is 16.8. The number of hydrogen-bond acceptors (Lipinski definition) is 3. The lowest BCUT2D eigenvalue weighted by Gasteiger charge is -2.20. The van der Waals surface area contributed by atoms with E-state index in [1.165, 1.54) is 33.8 Å². The van der Waals surface area contributed by atoms with Gasteiger partial charge in [0.15, 0.2) is 0 Å². The van der Waals surface area contributed by atoms with Gasteiger partial charge >= 0.3 is 0 Å². The fourth-order valence-electron chi connectivity index (χ4n) is 3.32. The number of H-pyrrole nitrogens is 1. The summed E-state index contributed by atoms with van der Waals surface area (Å²) >= 11 is 0. The Morgan fingerprint density at radius 2 is 1.89 bits per heavy atom. The van der Waals surface area contributed by atoms with E-state index in [4.69, 9.17) is 5.21 Å². The summed E-state index contributed by atoms with van der Waals surface area (Å²) in [5.74, 6) is -0.533. The molecule has 0 fully saturated rings. The summed E-state index contributed by atoms with van der Waals surface area (Å²) in [5.41, 5.74) is 7.48. The average Bonchev–Trinajstić information content (AvgIpc) is 3.09. The highest BCUT2D eigenvalue weighted by atomic mass is 16.5. The van der Waals surface area contributed by atoms with Crippen LogP contribution in [-0.4, -0.2) is 34.1 Å². The summed E-state index contributed by atoms with van der Waals surface area (Å²) in [6, 6.07) is 16.9. The Morgan fingerprint density at radius 3 is 2.61 bits per heavy atom. The van der Waals surface area contributed by atoms with Gasteiger partial charge in [-0.1, -0.05) is 37.3 Å². The number of aryl methyl sites for hydroxylation is 1. The summed E-state index contributed by atoms with van der Waals surface area (Å²) in [6.45, 7) is 7.15. The minimum absolute atomic E-state index is 0.533. The van der Waals surface area contributed by atoms with E-state index >= 15 is 0 Å². The number of carbonyl (C=O) groups excluding carboxylic acids is 1. The number of likely N-dealkylation sites (N-methyl/N-ethyl adjacent to an activating group) is 1. The molecule has 1 heterocycles. The number of carbonyl (C=O) groups is 1. The summed E-state index contributed by atoms with van der Waals surface area (Å²) in [7, 11) is 0. The molecule has 1 amide bonds. The van der Waals surface area contributed by atoms with Crippen molar-refractivity contribution in [3.05, 3.63) is 77.0 Å². The van der Waals surface area contributed by atoms with Crippen molar-refractivity contribution in [1.29, 1.82) is 0 Å². The van der Waals surface area contributed by atoms with Crippen molar-refractivity contribution in [3.8, 4) is 0 Å². The third-order valence-corrected chi connectivity index (χ3v) is 4.91. The average molecular weight is 377 g/mol. The number of aromatic amines is 1. The highest BCUT2D eigenvalue weighted by Gasteiger charge is 2.06. The summed E-state index contributed by atoms with van der Waals surface area (Å²) < 4.78 is 0. The molecule has 0 bridgehead atoms. The van der Waals surface area contributed by atoms with Crippen LogP contribution in [0.15, 0.2) is 54.6 Å². The Labute approximate surface area is 165 Å². The van der Waals surface area contributed by atoms with E-state index in [0.717, 1.165) is 31.6 Å². The number of benzene rings is 2. The Kier molecular flexibility index (Phi) is 6.63. The Hall–Kier alpha value is -2.89. The number of nitrogens with one attached hydrogen (secondary N) is 2. The quantitative estimate of drug-likeness (QED) is 0.315. The predicted octanol–water partition coefficient (Wildman–Crippen LogP) is 4.06. The second kappa shape index (κ2) is 9.35. The second-order valence-corrected chi connectivity index (χ2v) is 7.04. The maximum atomic E-state index is 11.0. The molecule has 5 nitrogen and oxygen atoms in total. The van der Waals surface area contributed by atoms with Crippen LogP contribution < -0.4 is 5.48 Å². The lowest BCUT2D eigenvalue weighted by atomic mass is 10.1. The minimum Gasteiger partial charge on any atom is -0.359 e. The third-order valence-electron chi connectivity index (χ3n) is 4.91. The van der Waals surface area contributed by atoms with Gasteiger partial charge in [-0.15, -0.1) is 0 Å². The molecular weight excluding hydrogens is 350 g/mol. The number of amides is 1. The Balaban J connectivity index is 1.57. The molecule has 0 saturated carbocycles. The molecule has 5 heteroatoms. The molecule has 28 heavy (non-hydrogen) atoms. The van der Waals surface area contributed by atoms with Gasteiger partial charge in [-0.3, -0.25) is 14.9 Å². The molecule has 3 N–H and O–H groups in total. The van der Waals surface area contributed by atoms with Gasteiger partial charge in [-0.2, -0.15) is 0 Å². The highest BCUT2D eigenvalue weighted by molar-refractivity contribution is 5.90. The van der Waals surface area contributed by atoms with Gasteiger partial charge in [-0.05, 0) is 66.2 Å². The van der Waals surface area contributed by atoms with E-state index in [1.807, 2.05) is 12.1 Å². The van der Waals surface area contributed by atoms with Gasteiger partial charge in [0.2, 0.25) is 0 Å². The topological polar surface area (TPSA) is 68.4 Å². The number of nitrogens with zero attached hydrogens (tertiary/aromatic N) is 1. The maximum absolute atomic E-state index is 11.0. The monoisotopic (exact) mass is 377 g/mol. The van der Waals surface area contributed by atoms with Crippen molar-refractivity contribution >= 4 is 22.9 Å². The van der Waals surface area contributed by atoms with Gasteiger partial charge in [0, 0.05) is 30.4 Å². The van der Waals surface area contributed by atoms with Crippen molar-refractivity contribution in [2.45, 2.75) is 26.8 Å². The largest absolute Gasteiger partial charge is 0.359 e. The standard InChI is InChI=1S/C23H27N3O2/c1-3-26(13-12-19-8-10-22-21(15-19)14-17(2)24-22)16-20-6-4-18(5-7-20)9-11-23(27)25-28/h4-11,14-15,24,28H,3,12-13,16H2,1-2H3,(H,25,27)/b11-9+. The van der Waals surface area contributed by atoms with Crippen LogP contribution in [0.4, 0.5) is 0 Å². The SMILES string of the molecule is CCN(CCc1ccc2[nH]c(C)cc2c1)Cc1ccc(/C=C/C(=O)NO)cc1. The van der Waals surface area contributed by atoms with Crippen molar-refractivity contribution in [2.75, 3.05) is 13.1 Å². The van der Waals surface area contributed by atoms with E-state index < -0.39 is 5.91 Å². The van der Waals surface area contributed by atoms with Crippen molar-refractivity contribution in [3.63, 3.8) is 0 Å². The lowest BCUT2D eigenvalue weighted by molar-refractivity contribution is -0.124. The van der Waals surface area contributed by atoms with Crippen molar-refractivity contribution in [1.82, 2.24) is 15.4 Å². The van der Waals surface area contributed by atoms with Crippen LogP contribution in [0.2, 0.25) is 0 Å². The van der Waals surface area contributed by atoms with Crippen LogP contribution in [0.25, 0.3) is 17.0 Å². The van der Waals surface area contributed by atoms with Crippen LogP contribution in [0.1, 0.15) is 29.3 Å². The molecule has 0 aliphatic heterocycles. The van der Waals surface area contributed by atoms with Gasteiger partial charge in [0.25, 0.3) is 5.91 Å². The molecular formula is C23H27N3O2. The van der Waals surface area contributed by atoms with E-state index in [1.54, 1.807) is 11.6 Å². The minimum atomic E-state index is -0.533. The Morgan fingerprint density at radius 1 is 1.14 bits per heavy atom. The first-order valence-corrected chi connectivity index (χ1v) is 9.59. The molecule has 3 rings (SSSR count). The molecule has 0 saturated heterocycles. The second-order valence-electron chi connectivity index (χ2n) is 7.04. The molecule has 0 radical (unpaired) electrons. The molecule has 146 valence electrons. The first-order chi connectivity index (χ1) is 13.6. The van der Waals surface area contributed by atoms with Crippen LogP contribution in [-0.2, 0) is 17.8 Å². The maximum Gasteiger partial charge on any atom is 0.267 e. The fourth-order valence-corrected chi connectivity index (χ4v) is 3.32. The molecule has 0 unspecified atom stereocenters. The molecule has 2 aromatic carbocycles. The Bertz CT molecular complexity index is 958. The highest BCUT2D eigenvalue weighted by Crippen LogP contribution is 2.18. The summed E-state index contributed by atoms with van der Waals surface area (Å²) in [6.07, 6.45) is 3.99. The smallest absolute Gasteiger partial charge is 0.267 e. The van der Waals surface area contributed by atoms with Crippen LogP contribution in [0, 0.1) is 6.92 Å². The zero-order valence-electron chi connectivity index (χ0n) is 16.4. The van der Waals surface area contributed by atoms with Crippen LogP contribution in [0.5, 0.6) is 0 Å². The lowest BCUT2D eigenvalue weighted by Crippen LogP contribution is -2.25. The van der Waals surface area contributed by atoms with Gasteiger partial charge in [0.05, 0.1) is 0 Å². The zero-order chi connectivity index (χ0) is 19.9. The zero-order valence-corrected chi connectivity index (χ0v) is 16.4. The first-order valence-electron chi connectivity index (χ1n) is 9.59. The molecule has 1 aromatic heterocycles. The number of hydrogen-bond donors (Lipinski definition) is 3. The number of rotatable bonds is 8. The third kappa shape index (κ3) is 5.31. The molecule has 3 aromatic rings. The number of hydroxylamine groups is 1. The molecule has 0 aliphatic rings. The predicted molar refractivity (Wildman–Crippen MR) is 113 cm³/mol. The van der Waals surface area contributed by atoms with Crippen molar-refractivity contribution in [2.24, 2.45) is 0 Å².